The van der Waals surface area contributed by atoms with Crippen molar-refractivity contribution in [2.45, 2.75) is 6.92 Å². The van der Waals surface area contributed by atoms with Gasteiger partial charge in [0.2, 0.25) is 0 Å². The minimum absolute atomic E-state index is 0.0274. The van der Waals surface area contributed by atoms with E-state index in [1.54, 1.807) is 6.92 Å². The highest BCUT2D eigenvalue weighted by molar-refractivity contribution is 6.69. The molecule has 20 heavy (non-hydrogen) atoms. The lowest BCUT2D eigenvalue weighted by Crippen LogP contribution is -2.15. The number of hydrogen-bond acceptors (Lipinski definition) is 5. The number of carbonyl (C=O) groups is 4. The number of halogens is 2. The molecule has 0 saturated carbocycles. The van der Waals surface area contributed by atoms with Crippen molar-refractivity contribution in [3.63, 3.8) is 0 Å². The van der Waals surface area contributed by atoms with E-state index in [-0.39, 0.29) is 17.7 Å². The molecule has 1 aromatic carbocycles. The largest absolute Gasteiger partial charge is 0.478 e. The van der Waals surface area contributed by atoms with Crippen LogP contribution in [0.1, 0.15) is 48.4 Å². The molecule has 6 nitrogen and oxygen atoms in total. The van der Waals surface area contributed by atoms with Gasteiger partial charge in [-0.1, -0.05) is 0 Å². The van der Waals surface area contributed by atoms with E-state index in [1.165, 1.54) is 0 Å². The van der Waals surface area contributed by atoms with E-state index in [2.05, 4.69) is 0 Å². The number of esters is 1. The van der Waals surface area contributed by atoms with Crippen molar-refractivity contribution in [2.24, 2.45) is 0 Å². The van der Waals surface area contributed by atoms with Crippen LogP contribution in [0.4, 0.5) is 0 Å². The smallest absolute Gasteiger partial charge is 0.338 e. The fraction of sp³-hybridized carbons (Fsp3) is 0.167. The maximum absolute atomic E-state index is 11.7. The number of hydrogen-bond donors (Lipinski definition) is 1. The van der Waals surface area contributed by atoms with Crippen LogP contribution in [0.3, 0.4) is 0 Å². The standard InChI is InChI=1S/C12H8Cl2O6/c1-2-20-12(19)8-4-5(9(13)15)7(11(17)18)3-6(8)10(14)16/h3-4H,2H2,1H3,(H,17,18). The Labute approximate surface area is 123 Å². The third kappa shape index (κ3) is 3.34. The van der Waals surface area contributed by atoms with Crippen molar-refractivity contribution in [3.05, 3.63) is 34.4 Å². The molecule has 0 radical (unpaired) electrons. The van der Waals surface area contributed by atoms with Crippen LogP contribution >= 0.6 is 23.2 Å². The number of carboxylic acid groups (broad SMARTS) is 1. The van der Waals surface area contributed by atoms with E-state index in [4.69, 9.17) is 33.0 Å². The van der Waals surface area contributed by atoms with Crippen LogP contribution in [0.25, 0.3) is 0 Å². The SMILES string of the molecule is CCOC(=O)c1cc(C(=O)Cl)c(C(=O)O)cc1C(=O)Cl. The van der Waals surface area contributed by atoms with Crippen LogP contribution in [0.15, 0.2) is 12.1 Å². The second-order valence-corrected chi connectivity index (χ2v) is 4.20. The molecule has 0 bridgehead atoms. The first-order chi connectivity index (χ1) is 9.29. The van der Waals surface area contributed by atoms with Gasteiger partial charge in [-0.15, -0.1) is 0 Å². The van der Waals surface area contributed by atoms with Crippen molar-refractivity contribution in [2.75, 3.05) is 6.61 Å². The van der Waals surface area contributed by atoms with Gasteiger partial charge in [0.15, 0.2) is 0 Å². The highest BCUT2D eigenvalue weighted by atomic mass is 35.5. The summed E-state index contributed by atoms with van der Waals surface area (Å²) in [6, 6.07) is 1.70. The highest BCUT2D eigenvalue weighted by Crippen LogP contribution is 2.22. The molecule has 0 aliphatic heterocycles. The molecule has 0 heterocycles. The van der Waals surface area contributed by atoms with E-state index >= 15 is 0 Å². The van der Waals surface area contributed by atoms with Gasteiger partial charge in [0.25, 0.3) is 10.5 Å². The maximum atomic E-state index is 11.7. The molecule has 1 aromatic rings. The summed E-state index contributed by atoms with van der Waals surface area (Å²) in [5, 5.41) is 6.84. The molecule has 0 saturated heterocycles. The Balaban J connectivity index is 3.61. The zero-order valence-electron chi connectivity index (χ0n) is 10.1. The third-order valence-electron chi connectivity index (χ3n) is 2.31. The van der Waals surface area contributed by atoms with Crippen molar-refractivity contribution in [1.29, 1.82) is 0 Å². The first kappa shape index (κ1) is 16.1. The van der Waals surface area contributed by atoms with Crippen LogP contribution in [0.5, 0.6) is 0 Å². The van der Waals surface area contributed by atoms with Gasteiger partial charge in [0, 0.05) is 11.1 Å². The first-order valence-corrected chi connectivity index (χ1v) is 6.03. The van der Waals surface area contributed by atoms with Crippen molar-refractivity contribution in [3.8, 4) is 0 Å². The molecular weight excluding hydrogens is 311 g/mol. The summed E-state index contributed by atoms with van der Waals surface area (Å²) in [4.78, 5) is 45.2. The monoisotopic (exact) mass is 318 g/mol. The first-order valence-electron chi connectivity index (χ1n) is 5.27. The van der Waals surface area contributed by atoms with Gasteiger partial charge in [-0.05, 0) is 42.3 Å². The summed E-state index contributed by atoms with van der Waals surface area (Å²) >= 11 is 10.6. The number of carboxylic acids is 1. The minimum atomic E-state index is -1.48. The Kier molecular flexibility index (Phi) is 5.24. The van der Waals surface area contributed by atoms with Gasteiger partial charge in [-0.3, -0.25) is 9.59 Å². The third-order valence-corrected chi connectivity index (χ3v) is 2.71. The Bertz CT molecular complexity index is 608. The van der Waals surface area contributed by atoms with Crippen LogP contribution in [-0.2, 0) is 4.74 Å². The zero-order valence-corrected chi connectivity index (χ0v) is 11.6. The van der Waals surface area contributed by atoms with E-state index in [1.807, 2.05) is 0 Å². The lowest BCUT2D eigenvalue weighted by molar-refractivity contribution is 0.0522. The molecule has 106 valence electrons. The summed E-state index contributed by atoms with van der Waals surface area (Å²) in [6.07, 6.45) is 0. The van der Waals surface area contributed by atoms with E-state index in [9.17, 15) is 19.2 Å². The second kappa shape index (κ2) is 6.49. The van der Waals surface area contributed by atoms with Crippen LogP contribution in [-0.4, -0.2) is 34.1 Å². The summed E-state index contributed by atoms with van der Waals surface area (Å²) in [5.41, 5.74) is -1.64. The maximum Gasteiger partial charge on any atom is 0.338 e. The summed E-state index contributed by atoms with van der Waals surface area (Å²) in [6.45, 7) is 1.57. The number of ether oxygens (including phenoxy) is 1. The number of benzene rings is 1. The van der Waals surface area contributed by atoms with E-state index in [0.717, 1.165) is 12.1 Å². The molecule has 0 unspecified atom stereocenters. The normalized spacial score (nSPS) is 9.95. The van der Waals surface area contributed by atoms with Gasteiger partial charge in [-0.2, -0.15) is 0 Å². The Hall–Kier alpha value is -1.92. The quantitative estimate of drug-likeness (QED) is 0.660. The molecular formula is C12H8Cl2O6. The van der Waals surface area contributed by atoms with Crippen LogP contribution in [0.2, 0.25) is 0 Å². The fourth-order valence-corrected chi connectivity index (χ4v) is 1.79. The van der Waals surface area contributed by atoms with Crippen molar-refractivity contribution in [1.82, 2.24) is 0 Å². The molecule has 0 aromatic heterocycles. The van der Waals surface area contributed by atoms with Crippen molar-refractivity contribution < 1.29 is 29.0 Å². The lowest BCUT2D eigenvalue weighted by atomic mass is 9.99. The number of aromatic carboxylic acids is 1. The van der Waals surface area contributed by atoms with E-state index < -0.39 is 33.6 Å². The van der Waals surface area contributed by atoms with Gasteiger partial charge < -0.3 is 9.84 Å². The van der Waals surface area contributed by atoms with Crippen LogP contribution < -0.4 is 0 Å². The summed E-state index contributed by atoms with van der Waals surface area (Å²) < 4.78 is 4.70. The average Bonchev–Trinajstić information content (AvgIpc) is 2.36. The predicted octanol–water partition coefficient (Wildman–Crippen LogP) is 2.32. The molecule has 8 heteroatoms. The topological polar surface area (TPSA) is 97.7 Å². The van der Waals surface area contributed by atoms with Crippen LogP contribution in [0, 0.1) is 0 Å². The molecule has 0 spiro atoms. The van der Waals surface area contributed by atoms with Crippen molar-refractivity contribution >= 4 is 45.6 Å². The van der Waals surface area contributed by atoms with E-state index in [0.29, 0.717) is 0 Å². The predicted molar refractivity (Wildman–Crippen MR) is 69.7 cm³/mol. The Morgan fingerprint density at radius 1 is 1.00 bits per heavy atom. The molecule has 0 aliphatic rings. The molecule has 0 fully saturated rings. The Morgan fingerprint density at radius 2 is 1.45 bits per heavy atom. The molecule has 0 aliphatic carbocycles. The van der Waals surface area contributed by atoms with Gasteiger partial charge >= 0.3 is 11.9 Å². The molecule has 1 rings (SSSR count). The van der Waals surface area contributed by atoms with Gasteiger partial charge in [0.1, 0.15) is 0 Å². The Morgan fingerprint density at radius 3 is 1.85 bits per heavy atom. The molecule has 1 N–H and O–H groups in total. The number of carbonyl (C=O) groups excluding carboxylic acids is 3. The minimum Gasteiger partial charge on any atom is -0.478 e. The molecule has 0 atom stereocenters. The average molecular weight is 319 g/mol. The lowest BCUT2D eigenvalue weighted by Gasteiger charge is -2.09. The summed E-state index contributed by atoms with van der Waals surface area (Å²) in [5.74, 6) is -2.39. The number of rotatable bonds is 5. The second-order valence-electron chi connectivity index (χ2n) is 3.52. The highest BCUT2D eigenvalue weighted by Gasteiger charge is 2.24. The summed E-state index contributed by atoms with van der Waals surface area (Å²) in [7, 11) is 0. The molecule has 0 amide bonds. The zero-order chi connectivity index (χ0) is 15.4. The van der Waals surface area contributed by atoms with Gasteiger partial charge in [0.05, 0.1) is 17.7 Å². The van der Waals surface area contributed by atoms with Gasteiger partial charge in [-0.25, -0.2) is 9.59 Å². The fourth-order valence-electron chi connectivity index (χ4n) is 1.48.